The van der Waals surface area contributed by atoms with Crippen molar-refractivity contribution >= 4 is 28.8 Å². The summed E-state index contributed by atoms with van der Waals surface area (Å²) < 4.78 is 109. The van der Waals surface area contributed by atoms with Crippen LogP contribution in [0.5, 0.6) is 17.2 Å². The maximum Gasteiger partial charge on any atom is 0.311 e. The van der Waals surface area contributed by atoms with Crippen molar-refractivity contribution in [1.82, 2.24) is 24.4 Å². The lowest BCUT2D eigenvalue weighted by molar-refractivity contribution is -0.138. The number of halogens is 5. The molecule has 0 spiro atoms. The Balaban J connectivity index is 1.21. The number of hydrogen-bond acceptors (Lipinski definition) is 11. The van der Waals surface area contributed by atoms with Crippen molar-refractivity contribution in [2.24, 2.45) is 10.9 Å². The summed E-state index contributed by atoms with van der Waals surface area (Å²) >= 11 is 0. The molecule has 0 bridgehead atoms. The number of rotatable bonds is 14. The molecule has 2 fully saturated rings. The third-order valence-electron chi connectivity index (χ3n) is 11.4. The van der Waals surface area contributed by atoms with Crippen molar-refractivity contribution < 1.29 is 55.2 Å². The molecule has 2 saturated heterocycles. The van der Waals surface area contributed by atoms with Crippen LogP contribution >= 0.6 is 0 Å². The summed E-state index contributed by atoms with van der Waals surface area (Å²) in [5.41, 5.74) is 1.38. The largest absolute Gasteiger partial charge is 0.497 e. The van der Waals surface area contributed by atoms with E-state index < -0.39 is 77.2 Å². The highest BCUT2D eigenvalue weighted by atomic mass is 19.2. The average molecular weight is 873 g/mol. The molecule has 2 aliphatic rings. The minimum absolute atomic E-state index is 0.267. The van der Waals surface area contributed by atoms with Crippen LogP contribution in [0.25, 0.3) is 11.2 Å². The van der Waals surface area contributed by atoms with E-state index in [4.69, 9.17) is 33.4 Å². The number of esters is 1. The Labute approximate surface area is 358 Å². The zero-order valence-corrected chi connectivity index (χ0v) is 34.4. The van der Waals surface area contributed by atoms with Gasteiger partial charge in [0.1, 0.15) is 35.4 Å². The standard InChI is InChI=1S/C45H41F5N6O7/c1-55-20-8-11-32(55)54-42-39-43(52-23-51-42)56(24-53-39)44-40(60-4)30(21-33(57)63-41-37(49)35(47)34(46)36(48)38(41)50)31(62-44)22-61-45(25-9-6-5-7-10-25,26-12-16-28(58-2)17-13-26)27-14-18-29(59-3)19-15-27/h5-7,9-10,12-19,23-24,30-31,40,44H,8,11,20-22H2,1-4H3/b54-32-/t30-,31-,40-,44-/m1/s1. The fourth-order valence-electron chi connectivity index (χ4n) is 8.18. The Morgan fingerprint density at radius 2 is 1.41 bits per heavy atom. The molecule has 0 amide bonds. The Bertz CT molecular complexity index is 2560. The zero-order valence-electron chi connectivity index (χ0n) is 34.4. The fraction of sp³-hybridized carbons (Fsp3) is 0.311. The topological polar surface area (TPSA) is 132 Å². The van der Waals surface area contributed by atoms with E-state index >= 15 is 0 Å². The highest BCUT2D eigenvalue weighted by Gasteiger charge is 2.50. The van der Waals surface area contributed by atoms with Crippen LogP contribution < -0.4 is 14.2 Å². The van der Waals surface area contributed by atoms with E-state index in [9.17, 15) is 26.7 Å². The number of aliphatic imine (C=N–C) groups is 1. The van der Waals surface area contributed by atoms with Crippen LogP contribution in [-0.2, 0) is 24.6 Å². The number of likely N-dealkylation sites (tertiary alicyclic amines) is 1. The van der Waals surface area contributed by atoms with Gasteiger partial charge in [-0.2, -0.15) is 8.78 Å². The average Bonchev–Trinajstić information content (AvgIpc) is 4.03. The van der Waals surface area contributed by atoms with E-state index in [-0.39, 0.29) is 6.61 Å². The molecule has 0 radical (unpaired) electrons. The second-order valence-corrected chi connectivity index (χ2v) is 14.9. The molecule has 0 unspecified atom stereocenters. The number of carbonyl (C=O) groups excluding carboxylic acids is 1. The summed E-state index contributed by atoms with van der Waals surface area (Å²) in [6, 6.07) is 23.9. The van der Waals surface area contributed by atoms with Crippen LogP contribution in [0.15, 0.2) is 96.5 Å². The molecule has 13 nitrogen and oxygen atoms in total. The van der Waals surface area contributed by atoms with E-state index in [1.54, 1.807) is 43.1 Å². The molecule has 6 aromatic rings. The number of nitrogens with zero attached hydrogens (tertiary/aromatic N) is 6. The van der Waals surface area contributed by atoms with Gasteiger partial charge in [0.05, 0.1) is 39.7 Å². The predicted octanol–water partition coefficient (Wildman–Crippen LogP) is 7.83. The number of amidine groups is 1. The monoisotopic (exact) mass is 872 g/mol. The molecular weight excluding hydrogens is 832 g/mol. The van der Waals surface area contributed by atoms with E-state index in [0.29, 0.717) is 45.2 Å². The minimum atomic E-state index is -2.40. The lowest BCUT2D eigenvalue weighted by atomic mass is 9.80. The summed E-state index contributed by atoms with van der Waals surface area (Å²) in [6.45, 7) is 0.573. The number of carbonyl (C=O) groups is 1. The van der Waals surface area contributed by atoms with Gasteiger partial charge in [-0.05, 0) is 47.4 Å². The minimum Gasteiger partial charge on any atom is -0.497 e. The van der Waals surface area contributed by atoms with Crippen LogP contribution in [0.2, 0.25) is 0 Å². The van der Waals surface area contributed by atoms with Crippen molar-refractivity contribution in [1.29, 1.82) is 0 Å². The molecular formula is C45H41F5N6O7. The predicted molar refractivity (Wildman–Crippen MR) is 217 cm³/mol. The van der Waals surface area contributed by atoms with Crippen molar-refractivity contribution in [3.05, 3.63) is 137 Å². The van der Waals surface area contributed by atoms with Gasteiger partial charge in [0.2, 0.25) is 34.8 Å². The number of hydrogen-bond donors (Lipinski definition) is 0. The first-order chi connectivity index (χ1) is 30.5. The molecule has 4 heterocycles. The quantitative estimate of drug-likeness (QED) is 0.0265. The molecule has 8 rings (SSSR count). The molecule has 63 heavy (non-hydrogen) atoms. The zero-order chi connectivity index (χ0) is 44.4. The molecule has 4 aromatic carbocycles. The first-order valence-corrected chi connectivity index (χ1v) is 19.8. The highest BCUT2D eigenvalue weighted by Crippen LogP contribution is 2.45. The lowest BCUT2D eigenvalue weighted by Gasteiger charge is -2.37. The maximum atomic E-state index is 14.8. The van der Waals surface area contributed by atoms with Gasteiger partial charge in [0, 0.05) is 33.0 Å². The highest BCUT2D eigenvalue weighted by molar-refractivity contribution is 5.90. The second kappa shape index (κ2) is 18.1. The third-order valence-corrected chi connectivity index (χ3v) is 11.4. The Morgan fingerprint density at radius 1 is 0.810 bits per heavy atom. The molecule has 2 aromatic heterocycles. The van der Waals surface area contributed by atoms with Gasteiger partial charge in [-0.1, -0.05) is 54.6 Å². The number of aromatic nitrogens is 4. The van der Waals surface area contributed by atoms with Gasteiger partial charge in [0.15, 0.2) is 23.2 Å². The maximum absolute atomic E-state index is 14.8. The summed E-state index contributed by atoms with van der Waals surface area (Å²) in [5.74, 6) is -13.3. The molecule has 2 aliphatic heterocycles. The normalized spacial score (nSPS) is 19.6. The van der Waals surface area contributed by atoms with Gasteiger partial charge < -0.3 is 33.3 Å². The molecule has 0 aliphatic carbocycles. The summed E-state index contributed by atoms with van der Waals surface area (Å²) in [7, 11) is 6.41. The molecule has 0 N–H and O–H groups in total. The van der Waals surface area contributed by atoms with Crippen molar-refractivity contribution in [2.45, 2.75) is 43.3 Å². The lowest BCUT2D eigenvalue weighted by Crippen LogP contribution is -2.38. The Kier molecular flexibility index (Phi) is 12.4. The smallest absolute Gasteiger partial charge is 0.311 e. The number of benzene rings is 4. The van der Waals surface area contributed by atoms with E-state index in [2.05, 4.69) is 15.0 Å². The second-order valence-electron chi connectivity index (χ2n) is 14.9. The number of fused-ring (bicyclic) bond motifs is 1. The van der Waals surface area contributed by atoms with Crippen LogP contribution in [0.4, 0.5) is 27.8 Å². The van der Waals surface area contributed by atoms with Crippen LogP contribution in [0.1, 0.15) is 42.2 Å². The third kappa shape index (κ3) is 8.05. The van der Waals surface area contributed by atoms with E-state index in [0.717, 1.165) is 25.2 Å². The molecule has 4 atom stereocenters. The number of imidazole rings is 1. The summed E-state index contributed by atoms with van der Waals surface area (Å²) in [6.07, 6.45) is 0.605. The first-order valence-electron chi connectivity index (χ1n) is 19.8. The van der Waals surface area contributed by atoms with Crippen molar-refractivity contribution in [3.63, 3.8) is 0 Å². The Hall–Kier alpha value is -6.50. The van der Waals surface area contributed by atoms with Crippen LogP contribution in [0.3, 0.4) is 0 Å². The van der Waals surface area contributed by atoms with E-state index in [1.165, 1.54) is 19.8 Å². The van der Waals surface area contributed by atoms with E-state index in [1.807, 2.05) is 66.5 Å². The van der Waals surface area contributed by atoms with Crippen LogP contribution in [-0.4, -0.2) is 90.0 Å². The summed E-state index contributed by atoms with van der Waals surface area (Å²) in [5, 5.41) is 0. The van der Waals surface area contributed by atoms with Gasteiger partial charge in [0.25, 0.3) is 0 Å². The van der Waals surface area contributed by atoms with Gasteiger partial charge >= 0.3 is 5.97 Å². The number of methoxy groups -OCH3 is 3. The Morgan fingerprint density at radius 3 is 1.98 bits per heavy atom. The van der Waals surface area contributed by atoms with Gasteiger partial charge in [-0.3, -0.25) is 9.36 Å². The van der Waals surface area contributed by atoms with Gasteiger partial charge in [-0.25, -0.2) is 33.1 Å². The molecule has 18 heteroatoms. The van der Waals surface area contributed by atoms with Crippen LogP contribution in [0, 0.1) is 35.0 Å². The SMILES string of the molecule is COc1ccc(C(OC[C@H]2O[C@@H](n3cnc4c(/N=C5/CCCN5C)ncnc43)[C@H](OC)[C@@H]2CC(=O)Oc2c(F)c(F)c(F)c(F)c2F)(c2ccccc2)c2ccc(OC)cc2)cc1. The van der Waals surface area contributed by atoms with Crippen molar-refractivity contribution in [3.8, 4) is 17.2 Å². The summed E-state index contributed by atoms with van der Waals surface area (Å²) in [4.78, 5) is 33.9. The molecule has 328 valence electrons. The molecule has 0 saturated carbocycles. The fourth-order valence-corrected chi connectivity index (χ4v) is 8.18. The number of ether oxygens (including phenoxy) is 6. The van der Waals surface area contributed by atoms with Gasteiger partial charge in [-0.15, -0.1) is 0 Å². The first kappa shape index (κ1) is 43.2. The van der Waals surface area contributed by atoms with Crippen molar-refractivity contribution in [2.75, 3.05) is 41.5 Å².